The molecule has 3 aliphatic rings. The normalized spacial score (nSPS) is 18.5. The van der Waals surface area contributed by atoms with E-state index in [9.17, 15) is 9.59 Å². The minimum Gasteiger partial charge on any atom is -0.339 e. The van der Waals surface area contributed by atoms with Crippen LogP contribution in [0.2, 0.25) is 0 Å². The number of hydrogen-bond donors (Lipinski definition) is 0. The molecule has 1 saturated carbocycles. The number of carbonyl (C=O) groups is 2. The van der Waals surface area contributed by atoms with Gasteiger partial charge < -0.3 is 14.7 Å². The zero-order chi connectivity index (χ0) is 20.5. The second-order valence-electron chi connectivity index (χ2n) is 8.27. The van der Waals surface area contributed by atoms with Crippen molar-refractivity contribution in [1.82, 2.24) is 9.80 Å². The van der Waals surface area contributed by atoms with Crippen molar-refractivity contribution in [3.05, 3.63) is 48.5 Å². The summed E-state index contributed by atoms with van der Waals surface area (Å²) in [6, 6.07) is 16.8. The minimum atomic E-state index is 0.180. The van der Waals surface area contributed by atoms with Crippen molar-refractivity contribution in [2.75, 3.05) is 37.6 Å². The summed E-state index contributed by atoms with van der Waals surface area (Å²) >= 11 is 1.79. The molecule has 1 aliphatic carbocycles. The lowest BCUT2D eigenvalue weighted by molar-refractivity contribution is -0.143. The molecule has 0 bridgehead atoms. The number of nitrogens with zero attached hydrogens (tertiary/aromatic N) is 3. The largest absolute Gasteiger partial charge is 0.339 e. The predicted octanol–water partition coefficient (Wildman–Crippen LogP) is 4.15. The van der Waals surface area contributed by atoms with Gasteiger partial charge in [-0.15, -0.1) is 0 Å². The molecule has 2 aromatic carbocycles. The first-order valence-electron chi connectivity index (χ1n) is 10.9. The molecule has 0 N–H and O–H groups in total. The number of benzene rings is 2. The molecule has 2 amide bonds. The van der Waals surface area contributed by atoms with E-state index in [2.05, 4.69) is 53.4 Å². The van der Waals surface area contributed by atoms with Gasteiger partial charge in [-0.3, -0.25) is 9.59 Å². The summed E-state index contributed by atoms with van der Waals surface area (Å²) in [6.45, 7) is 3.31. The zero-order valence-electron chi connectivity index (χ0n) is 17.1. The van der Waals surface area contributed by atoms with Gasteiger partial charge >= 0.3 is 0 Å². The zero-order valence-corrected chi connectivity index (χ0v) is 17.9. The van der Waals surface area contributed by atoms with E-state index in [-0.39, 0.29) is 11.8 Å². The quantitative estimate of drug-likeness (QED) is 0.744. The van der Waals surface area contributed by atoms with Crippen LogP contribution in [0.1, 0.15) is 25.7 Å². The molecule has 0 atom stereocenters. The highest BCUT2D eigenvalue weighted by Crippen LogP contribution is 2.47. The Bertz CT molecular complexity index is 905. The van der Waals surface area contributed by atoms with Gasteiger partial charge in [0.1, 0.15) is 0 Å². The van der Waals surface area contributed by atoms with Crippen LogP contribution < -0.4 is 4.90 Å². The van der Waals surface area contributed by atoms with Crippen LogP contribution in [0.25, 0.3) is 0 Å². The fourth-order valence-corrected chi connectivity index (χ4v) is 5.57. The van der Waals surface area contributed by atoms with E-state index in [1.807, 2.05) is 9.80 Å². The topological polar surface area (TPSA) is 43.9 Å². The number of rotatable bonds is 4. The molecule has 0 spiro atoms. The molecular formula is C24H27N3O2S. The van der Waals surface area contributed by atoms with Crippen LogP contribution in [0.5, 0.6) is 0 Å². The highest BCUT2D eigenvalue weighted by molar-refractivity contribution is 7.99. The Kier molecular flexibility index (Phi) is 5.42. The first kappa shape index (κ1) is 19.5. The van der Waals surface area contributed by atoms with Gasteiger partial charge in [0.15, 0.2) is 0 Å². The summed E-state index contributed by atoms with van der Waals surface area (Å²) < 4.78 is 0. The van der Waals surface area contributed by atoms with Crippen molar-refractivity contribution >= 4 is 35.0 Å². The van der Waals surface area contributed by atoms with Crippen LogP contribution >= 0.6 is 11.8 Å². The number of hydrogen-bond acceptors (Lipinski definition) is 4. The Hall–Kier alpha value is -2.47. The first-order chi connectivity index (χ1) is 14.7. The smallest absolute Gasteiger partial charge is 0.225 e. The van der Waals surface area contributed by atoms with Gasteiger partial charge in [0.05, 0.1) is 11.4 Å². The molecule has 0 radical (unpaired) electrons. The molecule has 2 aliphatic heterocycles. The average molecular weight is 422 g/mol. The Morgan fingerprint density at radius 2 is 1.40 bits per heavy atom. The van der Waals surface area contributed by atoms with Crippen molar-refractivity contribution in [2.24, 2.45) is 5.92 Å². The van der Waals surface area contributed by atoms with Gasteiger partial charge in [0, 0.05) is 54.9 Å². The van der Waals surface area contributed by atoms with Gasteiger partial charge in [-0.1, -0.05) is 42.4 Å². The van der Waals surface area contributed by atoms with Crippen molar-refractivity contribution in [1.29, 1.82) is 0 Å². The summed E-state index contributed by atoms with van der Waals surface area (Å²) in [7, 11) is 0. The minimum absolute atomic E-state index is 0.180. The maximum absolute atomic E-state index is 12.9. The molecule has 0 aromatic heterocycles. The van der Waals surface area contributed by atoms with E-state index in [0.717, 1.165) is 12.8 Å². The standard InChI is InChI=1S/C24H27N3O2S/c28-23(25-14-16-26(17-15-25)24(29)18-6-5-7-18)12-13-27-19-8-1-3-10-21(19)30-22-11-4-2-9-20(22)27/h1-4,8-11,18H,5-7,12-17H2. The third-order valence-electron chi connectivity index (χ3n) is 6.48. The average Bonchev–Trinajstić information content (AvgIpc) is 2.75. The van der Waals surface area contributed by atoms with E-state index in [0.29, 0.717) is 45.1 Å². The molecular weight excluding hydrogens is 394 g/mol. The summed E-state index contributed by atoms with van der Waals surface area (Å²) in [4.78, 5) is 34.0. The molecule has 2 heterocycles. The summed E-state index contributed by atoms with van der Waals surface area (Å²) in [5.41, 5.74) is 2.34. The molecule has 0 unspecified atom stereocenters. The van der Waals surface area contributed by atoms with E-state index in [4.69, 9.17) is 0 Å². The Morgan fingerprint density at radius 3 is 1.97 bits per heavy atom. The third kappa shape index (κ3) is 3.69. The number of amides is 2. The SMILES string of the molecule is O=C(CCN1c2ccccc2Sc2ccccc21)N1CCN(C(=O)C2CCC2)CC1. The van der Waals surface area contributed by atoms with Crippen LogP contribution in [0.15, 0.2) is 58.3 Å². The molecule has 2 fully saturated rings. The highest BCUT2D eigenvalue weighted by Gasteiger charge is 2.32. The van der Waals surface area contributed by atoms with Crippen LogP contribution in [-0.4, -0.2) is 54.3 Å². The van der Waals surface area contributed by atoms with Crippen LogP contribution in [0.3, 0.4) is 0 Å². The maximum atomic E-state index is 12.9. The summed E-state index contributed by atoms with van der Waals surface area (Å²) in [5, 5.41) is 0. The Labute approximate surface area is 182 Å². The number of para-hydroxylation sites is 2. The number of carbonyl (C=O) groups excluding carboxylic acids is 2. The monoisotopic (exact) mass is 421 g/mol. The van der Waals surface area contributed by atoms with Crippen LogP contribution in [0.4, 0.5) is 11.4 Å². The number of anilines is 2. The highest BCUT2D eigenvalue weighted by atomic mass is 32.2. The second kappa shape index (κ2) is 8.34. The van der Waals surface area contributed by atoms with E-state index < -0.39 is 0 Å². The van der Waals surface area contributed by atoms with Crippen molar-refractivity contribution in [2.45, 2.75) is 35.5 Å². The molecule has 2 aromatic rings. The second-order valence-corrected chi connectivity index (χ2v) is 9.36. The van der Waals surface area contributed by atoms with E-state index in [1.54, 1.807) is 11.8 Å². The fraction of sp³-hybridized carbons (Fsp3) is 0.417. The van der Waals surface area contributed by atoms with Gasteiger partial charge in [-0.2, -0.15) is 0 Å². The van der Waals surface area contributed by atoms with Crippen molar-refractivity contribution in [3.63, 3.8) is 0 Å². The Morgan fingerprint density at radius 1 is 0.833 bits per heavy atom. The lowest BCUT2D eigenvalue weighted by Gasteiger charge is -2.38. The summed E-state index contributed by atoms with van der Waals surface area (Å²) in [6.07, 6.45) is 3.73. The maximum Gasteiger partial charge on any atom is 0.225 e. The van der Waals surface area contributed by atoms with Gasteiger partial charge in [-0.05, 0) is 37.1 Å². The lowest BCUT2D eigenvalue weighted by Crippen LogP contribution is -2.52. The molecule has 6 heteroatoms. The number of fused-ring (bicyclic) bond motifs is 2. The lowest BCUT2D eigenvalue weighted by atomic mass is 9.84. The summed E-state index contributed by atoms with van der Waals surface area (Å²) in [5.74, 6) is 0.718. The predicted molar refractivity (Wildman–Crippen MR) is 119 cm³/mol. The van der Waals surface area contributed by atoms with Gasteiger partial charge in [0.25, 0.3) is 0 Å². The third-order valence-corrected chi connectivity index (χ3v) is 7.61. The Balaban J connectivity index is 1.22. The molecule has 1 saturated heterocycles. The van der Waals surface area contributed by atoms with Gasteiger partial charge in [-0.25, -0.2) is 0 Å². The van der Waals surface area contributed by atoms with Crippen molar-refractivity contribution < 1.29 is 9.59 Å². The van der Waals surface area contributed by atoms with E-state index >= 15 is 0 Å². The van der Waals surface area contributed by atoms with Crippen LogP contribution in [0, 0.1) is 5.92 Å². The van der Waals surface area contributed by atoms with Crippen molar-refractivity contribution in [3.8, 4) is 0 Å². The van der Waals surface area contributed by atoms with Gasteiger partial charge in [0.2, 0.25) is 11.8 Å². The van der Waals surface area contributed by atoms with Crippen LogP contribution in [-0.2, 0) is 9.59 Å². The molecule has 30 heavy (non-hydrogen) atoms. The number of piperazine rings is 1. The molecule has 5 rings (SSSR count). The molecule has 156 valence electrons. The first-order valence-corrected chi connectivity index (χ1v) is 11.7. The fourth-order valence-electron chi connectivity index (χ4n) is 4.48. The van der Waals surface area contributed by atoms with E-state index in [1.165, 1.54) is 27.6 Å². The molecule has 5 nitrogen and oxygen atoms in total.